The van der Waals surface area contributed by atoms with Gasteiger partial charge in [-0.1, -0.05) is 5.16 Å². The zero-order valence-corrected chi connectivity index (χ0v) is 13.4. The molecule has 9 heteroatoms. The second-order valence-corrected chi connectivity index (χ2v) is 5.78. The van der Waals surface area contributed by atoms with E-state index in [0.29, 0.717) is 30.6 Å². The second-order valence-electron chi connectivity index (χ2n) is 5.78. The first-order valence-electron chi connectivity index (χ1n) is 7.67. The van der Waals surface area contributed by atoms with Gasteiger partial charge in [-0.2, -0.15) is 18.2 Å². The van der Waals surface area contributed by atoms with Crippen LogP contribution in [-0.4, -0.2) is 46.2 Å². The van der Waals surface area contributed by atoms with Crippen molar-refractivity contribution in [2.45, 2.75) is 26.1 Å². The van der Waals surface area contributed by atoms with E-state index in [1.165, 1.54) is 6.07 Å². The van der Waals surface area contributed by atoms with Crippen LogP contribution in [0.4, 0.5) is 19.0 Å². The Morgan fingerprint density at radius 3 is 2.38 bits per heavy atom. The maximum absolute atomic E-state index is 12.6. The van der Waals surface area contributed by atoms with E-state index in [1.54, 1.807) is 6.92 Å². The minimum absolute atomic E-state index is 0.00825. The average Bonchev–Trinajstić information content (AvgIpc) is 3.00. The maximum atomic E-state index is 12.6. The number of aryl methyl sites for hydroxylation is 1. The molecule has 0 bridgehead atoms. The number of nitrogens with zero attached hydrogens (tertiary/aromatic N) is 5. The lowest BCUT2D eigenvalue weighted by Crippen LogP contribution is -2.47. The predicted octanol–water partition coefficient (Wildman–Crippen LogP) is 2.68. The molecule has 0 aliphatic carbocycles. The van der Waals surface area contributed by atoms with E-state index >= 15 is 0 Å². The highest BCUT2D eigenvalue weighted by Gasteiger charge is 2.31. The number of piperazine rings is 1. The van der Waals surface area contributed by atoms with Crippen molar-refractivity contribution >= 4 is 5.82 Å². The molecule has 1 atom stereocenters. The number of aromatic nitrogens is 3. The molecule has 1 saturated heterocycles. The fourth-order valence-electron chi connectivity index (χ4n) is 2.72. The Morgan fingerprint density at radius 1 is 1.17 bits per heavy atom. The average molecular weight is 341 g/mol. The molecule has 3 rings (SSSR count). The van der Waals surface area contributed by atoms with E-state index in [-0.39, 0.29) is 6.04 Å². The van der Waals surface area contributed by atoms with Crippen LogP contribution in [0, 0.1) is 6.92 Å². The summed E-state index contributed by atoms with van der Waals surface area (Å²) in [4.78, 5) is 12.4. The molecule has 1 fully saturated rings. The zero-order chi connectivity index (χ0) is 17.3. The molecule has 24 heavy (non-hydrogen) atoms. The molecule has 0 spiro atoms. The van der Waals surface area contributed by atoms with Crippen LogP contribution < -0.4 is 4.90 Å². The summed E-state index contributed by atoms with van der Waals surface area (Å²) in [6.45, 7) is 6.61. The first kappa shape index (κ1) is 16.7. The summed E-state index contributed by atoms with van der Waals surface area (Å²) in [7, 11) is 0. The lowest BCUT2D eigenvalue weighted by molar-refractivity contribution is -0.137. The normalized spacial score (nSPS) is 18.0. The van der Waals surface area contributed by atoms with Crippen LogP contribution in [-0.2, 0) is 6.18 Å². The third kappa shape index (κ3) is 3.50. The minimum Gasteiger partial charge on any atom is -0.354 e. The molecule has 1 aliphatic heterocycles. The van der Waals surface area contributed by atoms with E-state index in [9.17, 15) is 13.2 Å². The van der Waals surface area contributed by atoms with E-state index in [2.05, 4.69) is 20.0 Å². The molecule has 0 radical (unpaired) electrons. The summed E-state index contributed by atoms with van der Waals surface area (Å²) >= 11 is 0. The summed E-state index contributed by atoms with van der Waals surface area (Å²) in [5.41, 5.74) is -0.731. The Hall–Kier alpha value is -2.16. The van der Waals surface area contributed by atoms with Gasteiger partial charge < -0.3 is 9.42 Å². The van der Waals surface area contributed by atoms with Crippen LogP contribution in [0.25, 0.3) is 0 Å². The fourth-order valence-corrected chi connectivity index (χ4v) is 2.72. The lowest BCUT2D eigenvalue weighted by Gasteiger charge is -2.37. The van der Waals surface area contributed by atoms with E-state index in [1.807, 2.05) is 11.8 Å². The second kappa shape index (κ2) is 6.39. The van der Waals surface area contributed by atoms with Gasteiger partial charge >= 0.3 is 6.18 Å². The van der Waals surface area contributed by atoms with Crippen LogP contribution in [0.3, 0.4) is 0 Å². The van der Waals surface area contributed by atoms with Gasteiger partial charge in [-0.05, 0) is 26.0 Å². The Morgan fingerprint density at radius 2 is 1.88 bits per heavy atom. The highest BCUT2D eigenvalue weighted by Crippen LogP contribution is 2.29. The lowest BCUT2D eigenvalue weighted by atomic mass is 10.2. The van der Waals surface area contributed by atoms with Crippen LogP contribution >= 0.6 is 0 Å². The van der Waals surface area contributed by atoms with Crippen molar-refractivity contribution in [1.82, 2.24) is 20.0 Å². The van der Waals surface area contributed by atoms with Gasteiger partial charge in [0, 0.05) is 32.4 Å². The summed E-state index contributed by atoms with van der Waals surface area (Å²) in [5.74, 6) is 1.74. The Bertz CT molecular complexity index is 677. The SMILES string of the molecule is Cc1noc([C@H](C)N2CCN(c3ccc(C(F)(F)F)cn3)CC2)n1. The molecule has 0 saturated carbocycles. The summed E-state index contributed by atoms with van der Waals surface area (Å²) in [6, 6.07) is 2.50. The summed E-state index contributed by atoms with van der Waals surface area (Å²) < 4.78 is 43.0. The molecule has 0 aromatic carbocycles. The smallest absolute Gasteiger partial charge is 0.354 e. The predicted molar refractivity (Wildman–Crippen MR) is 80.5 cm³/mol. The van der Waals surface area contributed by atoms with Crippen molar-refractivity contribution in [3.05, 3.63) is 35.6 Å². The topological polar surface area (TPSA) is 58.3 Å². The van der Waals surface area contributed by atoms with Gasteiger partial charge in [0.05, 0.1) is 11.6 Å². The van der Waals surface area contributed by atoms with Gasteiger partial charge in [-0.25, -0.2) is 4.98 Å². The highest BCUT2D eigenvalue weighted by atomic mass is 19.4. The molecular weight excluding hydrogens is 323 g/mol. The Kier molecular flexibility index (Phi) is 4.44. The van der Waals surface area contributed by atoms with Gasteiger partial charge in [-0.3, -0.25) is 4.90 Å². The third-order valence-corrected chi connectivity index (χ3v) is 4.16. The first-order valence-corrected chi connectivity index (χ1v) is 7.67. The Labute approximate surface area is 137 Å². The Balaban J connectivity index is 1.60. The molecule has 3 heterocycles. The van der Waals surface area contributed by atoms with Gasteiger partial charge in [0.25, 0.3) is 0 Å². The number of alkyl halides is 3. The molecular formula is C15H18F3N5O. The van der Waals surface area contributed by atoms with Gasteiger partial charge in [-0.15, -0.1) is 0 Å². The van der Waals surface area contributed by atoms with Crippen LogP contribution in [0.5, 0.6) is 0 Å². The first-order chi connectivity index (χ1) is 11.3. The van der Waals surface area contributed by atoms with Crippen LogP contribution in [0.15, 0.2) is 22.9 Å². The number of hydrogen-bond acceptors (Lipinski definition) is 6. The number of hydrogen-bond donors (Lipinski definition) is 0. The minimum atomic E-state index is -4.36. The summed E-state index contributed by atoms with van der Waals surface area (Å²) in [5, 5.41) is 3.80. The summed E-state index contributed by atoms with van der Waals surface area (Å²) in [6.07, 6.45) is -3.48. The van der Waals surface area contributed by atoms with Crippen LogP contribution in [0.2, 0.25) is 0 Å². The van der Waals surface area contributed by atoms with Crippen molar-refractivity contribution in [2.24, 2.45) is 0 Å². The number of rotatable bonds is 3. The molecule has 0 N–H and O–H groups in total. The largest absolute Gasteiger partial charge is 0.417 e. The van der Waals surface area contributed by atoms with Crippen molar-refractivity contribution in [2.75, 3.05) is 31.1 Å². The van der Waals surface area contributed by atoms with Gasteiger partial charge in [0.15, 0.2) is 5.82 Å². The van der Waals surface area contributed by atoms with E-state index < -0.39 is 11.7 Å². The molecule has 0 amide bonds. The number of pyridine rings is 1. The highest BCUT2D eigenvalue weighted by molar-refractivity contribution is 5.40. The molecule has 2 aromatic heterocycles. The standard InChI is InChI=1S/C15H18F3N5O/c1-10(14-20-11(2)21-24-14)22-5-7-23(8-6-22)13-4-3-12(9-19-13)15(16,17)18/h3-4,9-10H,5-8H2,1-2H3/t10-/m0/s1. The van der Waals surface area contributed by atoms with Crippen molar-refractivity contribution in [3.63, 3.8) is 0 Å². The van der Waals surface area contributed by atoms with Crippen molar-refractivity contribution < 1.29 is 17.7 Å². The van der Waals surface area contributed by atoms with E-state index in [0.717, 1.165) is 25.4 Å². The number of anilines is 1. The molecule has 6 nitrogen and oxygen atoms in total. The number of halogens is 3. The molecule has 2 aromatic rings. The molecule has 1 aliphatic rings. The maximum Gasteiger partial charge on any atom is 0.417 e. The van der Waals surface area contributed by atoms with Gasteiger partial charge in [0.2, 0.25) is 5.89 Å². The van der Waals surface area contributed by atoms with Crippen molar-refractivity contribution in [3.8, 4) is 0 Å². The van der Waals surface area contributed by atoms with Crippen LogP contribution in [0.1, 0.15) is 30.2 Å². The quantitative estimate of drug-likeness (QED) is 0.855. The van der Waals surface area contributed by atoms with Crippen molar-refractivity contribution in [1.29, 1.82) is 0 Å². The molecule has 130 valence electrons. The third-order valence-electron chi connectivity index (χ3n) is 4.16. The van der Waals surface area contributed by atoms with Gasteiger partial charge in [0.1, 0.15) is 5.82 Å². The monoisotopic (exact) mass is 341 g/mol. The van der Waals surface area contributed by atoms with E-state index in [4.69, 9.17) is 4.52 Å². The fraction of sp³-hybridized carbons (Fsp3) is 0.533. The molecule has 0 unspecified atom stereocenters. The zero-order valence-electron chi connectivity index (χ0n) is 13.4.